The van der Waals surface area contributed by atoms with Crippen LogP contribution in [0.25, 0.3) is 0 Å². The lowest BCUT2D eigenvalue weighted by atomic mass is 9.87. The summed E-state index contributed by atoms with van der Waals surface area (Å²) < 4.78 is 25.2. The number of carbonyl (C=O) groups excluding carboxylic acids is 1. The van der Waals surface area contributed by atoms with Gasteiger partial charge in [0.25, 0.3) is 0 Å². The van der Waals surface area contributed by atoms with Crippen LogP contribution in [-0.4, -0.2) is 26.1 Å². The summed E-state index contributed by atoms with van der Waals surface area (Å²) >= 11 is 0. The van der Waals surface area contributed by atoms with Crippen molar-refractivity contribution in [3.63, 3.8) is 0 Å². The highest BCUT2D eigenvalue weighted by Gasteiger charge is 2.27. The van der Waals surface area contributed by atoms with Gasteiger partial charge in [0, 0.05) is 12.5 Å². The molecule has 0 aromatic heterocycles. The zero-order valence-corrected chi connectivity index (χ0v) is 17.4. The zero-order chi connectivity index (χ0) is 19.4. The standard InChI is InChI=1S/C21H33NO3S/c1-16-6-5-7-19(14-16)26(24,25)15-17-8-10-18(11-9-17)22-20(23)12-13-21(2,3)4/h5-7,14,17-18H,8-13,15H2,1-4H3,(H,22,23). The molecule has 0 radical (unpaired) electrons. The highest BCUT2D eigenvalue weighted by Crippen LogP contribution is 2.28. The van der Waals surface area contributed by atoms with Crippen molar-refractivity contribution in [2.75, 3.05) is 5.75 Å². The molecule has 1 fully saturated rings. The third-order valence-electron chi connectivity index (χ3n) is 5.12. The molecule has 2 rings (SSSR count). The number of amides is 1. The van der Waals surface area contributed by atoms with Crippen LogP contribution < -0.4 is 5.32 Å². The quantitative estimate of drug-likeness (QED) is 0.803. The Balaban J connectivity index is 1.80. The molecule has 1 amide bonds. The van der Waals surface area contributed by atoms with E-state index in [9.17, 15) is 13.2 Å². The minimum atomic E-state index is -3.24. The lowest BCUT2D eigenvalue weighted by Crippen LogP contribution is -2.38. The maximum absolute atomic E-state index is 12.6. The van der Waals surface area contributed by atoms with E-state index in [0.717, 1.165) is 37.7 Å². The van der Waals surface area contributed by atoms with Crippen LogP contribution in [-0.2, 0) is 14.6 Å². The second-order valence-corrected chi connectivity index (χ2v) is 11.0. The molecule has 1 aliphatic carbocycles. The largest absolute Gasteiger partial charge is 0.353 e. The lowest BCUT2D eigenvalue weighted by Gasteiger charge is -2.29. The van der Waals surface area contributed by atoms with E-state index in [0.29, 0.717) is 11.3 Å². The number of hydrogen-bond acceptors (Lipinski definition) is 3. The van der Waals surface area contributed by atoms with Gasteiger partial charge in [0.1, 0.15) is 0 Å². The van der Waals surface area contributed by atoms with Gasteiger partial charge in [-0.2, -0.15) is 0 Å². The van der Waals surface area contributed by atoms with E-state index in [2.05, 4.69) is 26.1 Å². The summed E-state index contributed by atoms with van der Waals surface area (Å²) in [5.41, 5.74) is 1.13. The van der Waals surface area contributed by atoms with Gasteiger partial charge in [-0.05, 0) is 68.1 Å². The Labute approximate surface area is 158 Å². The molecule has 1 aliphatic rings. The third kappa shape index (κ3) is 6.75. The average Bonchev–Trinajstić information content (AvgIpc) is 2.54. The Morgan fingerprint density at radius 3 is 2.38 bits per heavy atom. The zero-order valence-electron chi connectivity index (χ0n) is 16.5. The molecule has 1 saturated carbocycles. The van der Waals surface area contributed by atoms with Gasteiger partial charge < -0.3 is 5.32 Å². The highest BCUT2D eigenvalue weighted by atomic mass is 32.2. The Hall–Kier alpha value is -1.36. The fraction of sp³-hybridized carbons (Fsp3) is 0.667. The van der Waals surface area contributed by atoms with E-state index in [4.69, 9.17) is 0 Å². The van der Waals surface area contributed by atoms with Crippen molar-refractivity contribution >= 4 is 15.7 Å². The van der Waals surface area contributed by atoms with Gasteiger partial charge >= 0.3 is 0 Å². The Morgan fingerprint density at radius 1 is 1.15 bits per heavy atom. The number of hydrogen-bond donors (Lipinski definition) is 1. The van der Waals surface area contributed by atoms with Crippen molar-refractivity contribution < 1.29 is 13.2 Å². The van der Waals surface area contributed by atoms with Crippen molar-refractivity contribution in [3.05, 3.63) is 29.8 Å². The van der Waals surface area contributed by atoms with Crippen molar-refractivity contribution in [1.82, 2.24) is 5.32 Å². The van der Waals surface area contributed by atoms with Crippen LogP contribution in [0.5, 0.6) is 0 Å². The summed E-state index contributed by atoms with van der Waals surface area (Å²) in [6.45, 7) is 8.33. The van der Waals surface area contributed by atoms with Gasteiger partial charge in [0.15, 0.2) is 9.84 Å². The third-order valence-corrected chi connectivity index (χ3v) is 7.00. The first-order chi connectivity index (χ1) is 12.0. The van der Waals surface area contributed by atoms with Crippen LogP contribution in [0.2, 0.25) is 0 Å². The minimum Gasteiger partial charge on any atom is -0.353 e. The topological polar surface area (TPSA) is 63.2 Å². The first kappa shape index (κ1) is 20.9. The normalized spacial score (nSPS) is 21.4. The van der Waals surface area contributed by atoms with Crippen LogP contribution in [0.15, 0.2) is 29.2 Å². The van der Waals surface area contributed by atoms with Crippen LogP contribution in [0.1, 0.15) is 64.9 Å². The summed E-state index contributed by atoms with van der Waals surface area (Å²) in [6.07, 6.45) is 4.89. The molecule has 26 heavy (non-hydrogen) atoms. The summed E-state index contributed by atoms with van der Waals surface area (Å²) in [4.78, 5) is 12.5. The van der Waals surface area contributed by atoms with E-state index in [1.807, 2.05) is 13.0 Å². The van der Waals surface area contributed by atoms with Crippen LogP contribution in [0.4, 0.5) is 0 Å². The summed E-state index contributed by atoms with van der Waals surface area (Å²) in [5, 5.41) is 3.13. The van der Waals surface area contributed by atoms with Crippen LogP contribution >= 0.6 is 0 Å². The average molecular weight is 380 g/mol. The molecule has 0 saturated heterocycles. The molecule has 1 aromatic rings. The Bertz CT molecular complexity index is 711. The van der Waals surface area contributed by atoms with Crippen molar-refractivity contribution in [2.45, 2.75) is 77.2 Å². The summed E-state index contributed by atoms with van der Waals surface area (Å²) in [5.74, 6) is 0.514. The molecule has 0 bridgehead atoms. The first-order valence-corrected chi connectivity index (χ1v) is 11.3. The molecule has 5 heteroatoms. The van der Waals surface area contributed by atoms with Gasteiger partial charge in [-0.1, -0.05) is 32.9 Å². The summed E-state index contributed by atoms with van der Waals surface area (Å²) in [7, 11) is -3.24. The van der Waals surface area contributed by atoms with E-state index >= 15 is 0 Å². The molecule has 0 unspecified atom stereocenters. The number of benzene rings is 1. The van der Waals surface area contributed by atoms with E-state index in [1.54, 1.807) is 18.2 Å². The lowest BCUT2D eigenvalue weighted by molar-refractivity contribution is -0.122. The number of rotatable bonds is 6. The smallest absolute Gasteiger partial charge is 0.220 e. The Kier molecular flexibility index (Phi) is 6.89. The maximum Gasteiger partial charge on any atom is 0.220 e. The molecule has 1 aromatic carbocycles. The fourth-order valence-electron chi connectivity index (χ4n) is 3.48. The van der Waals surface area contributed by atoms with Gasteiger partial charge in [-0.25, -0.2) is 8.42 Å². The van der Waals surface area contributed by atoms with Crippen LogP contribution in [0.3, 0.4) is 0 Å². The van der Waals surface area contributed by atoms with Gasteiger partial charge in [0.2, 0.25) is 5.91 Å². The van der Waals surface area contributed by atoms with E-state index in [-0.39, 0.29) is 29.0 Å². The first-order valence-electron chi connectivity index (χ1n) is 9.64. The van der Waals surface area contributed by atoms with E-state index < -0.39 is 9.84 Å². The fourth-order valence-corrected chi connectivity index (χ4v) is 5.27. The summed E-state index contributed by atoms with van der Waals surface area (Å²) in [6, 6.07) is 7.33. The second-order valence-electron chi connectivity index (χ2n) is 8.94. The molecule has 146 valence electrons. The molecule has 0 atom stereocenters. The number of aryl methyl sites for hydroxylation is 1. The molecule has 4 nitrogen and oxygen atoms in total. The van der Waals surface area contributed by atoms with Gasteiger partial charge in [0.05, 0.1) is 10.6 Å². The van der Waals surface area contributed by atoms with Gasteiger partial charge in [-0.3, -0.25) is 4.79 Å². The minimum absolute atomic E-state index is 0.121. The molecule has 0 heterocycles. The van der Waals surface area contributed by atoms with Crippen molar-refractivity contribution in [1.29, 1.82) is 0 Å². The monoisotopic (exact) mass is 379 g/mol. The highest BCUT2D eigenvalue weighted by molar-refractivity contribution is 7.91. The predicted molar refractivity (Wildman–Crippen MR) is 106 cm³/mol. The maximum atomic E-state index is 12.6. The van der Waals surface area contributed by atoms with Gasteiger partial charge in [-0.15, -0.1) is 0 Å². The molecular formula is C21H33NO3S. The Morgan fingerprint density at radius 2 is 1.81 bits per heavy atom. The second kappa shape index (κ2) is 8.55. The van der Waals surface area contributed by atoms with E-state index in [1.165, 1.54) is 0 Å². The van der Waals surface area contributed by atoms with Crippen molar-refractivity contribution in [2.24, 2.45) is 11.3 Å². The predicted octanol–water partition coefficient (Wildman–Crippen LogP) is 4.27. The molecule has 1 N–H and O–H groups in total. The number of nitrogens with one attached hydrogen (secondary N) is 1. The molecule has 0 spiro atoms. The van der Waals surface area contributed by atoms with Crippen LogP contribution in [0, 0.1) is 18.3 Å². The molecular weight excluding hydrogens is 346 g/mol. The number of carbonyl (C=O) groups is 1. The SMILES string of the molecule is Cc1cccc(S(=O)(=O)CC2CCC(NC(=O)CCC(C)(C)C)CC2)c1. The molecule has 0 aliphatic heterocycles. The number of sulfone groups is 1. The van der Waals surface area contributed by atoms with Crippen molar-refractivity contribution in [3.8, 4) is 0 Å².